The Kier molecular flexibility index (Phi) is 7.21. The Balaban J connectivity index is 2.27. The molecule has 0 aliphatic rings. The van der Waals surface area contributed by atoms with Crippen molar-refractivity contribution in [3.63, 3.8) is 0 Å². The van der Waals surface area contributed by atoms with Gasteiger partial charge in [-0.25, -0.2) is 4.98 Å². The van der Waals surface area contributed by atoms with Gasteiger partial charge in [-0.1, -0.05) is 13.0 Å². The molecule has 1 aromatic heterocycles. The van der Waals surface area contributed by atoms with E-state index in [0.29, 0.717) is 0 Å². The molecule has 16 heavy (non-hydrogen) atoms. The summed E-state index contributed by atoms with van der Waals surface area (Å²) >= 11 is 1.81. The van der Waals surface area contributed by atoms with E-state index in [1.165, 1.54) is 12.0 Å². The first kappa shape index (κ1) is 13.5. The third kappa shape index (κ3) is 5.49. The second-order valence-corrected chi connectivity index (χ2v) is 4.64. The monoisotopic (exact) mass is 240 g/mol. The number of thioether (sulfide) groups is 1. The third-order valence-electron chi connectivity index (χ3n) is 2.06. The lowest BCUT2D eigenvalue weighted by Crippen LogP contribution is -2.18. The summed E-state index contributed by atoms with van der Waals surface area (Å²) in [5, 5.41) is 4.41. The molecule has 0 aliphatic carbocycles. The van der Waals surface area contributed by atoms with Crippen molar-refractivity contribution in [3.05, 3.63) is 23.9 Å². The van der Waals surface area contributed by atoms with Gasteiger partial charge >= 0.3 is 0 Å². The molecule has 0 saturated heterocycles. The van der Waals surface area contributed by atoms with Crippen LogP contribution in [0.1, 0.15) is 18.9 Å². The Morgan fingerprint density at radius 2 is 2.31 bits per heavy atom. The number of pyridine rings is 1. The molecule has 0 unspecified atom stereocenters. The van der Waals surface area contributed by atoms with Crippen molar-refractivity contribution in [1.29, 1.82) is 0 Å². The highest BCUT2D eigenvalue weighted by Crippen LogP contribution is 2.15. The summed E-state index contributed by atoms with van der Waals surface area (Å²) in [5.74, 6) is 1.14. The van der Waals surface area contributed by atoms with Gasteiger partial charge in [0.1, 0.15) is 0 Å². The van der Waals surface area contributed by atoms with Crippen molar-refractivity contribution in [2.24, 2.45) is 0 Å². The van der Waals surface area contributed by atoms with Crippen LogP contribution in [0.5, 0.6) is 0 Å². The molecule has 1 N–H and O–H groups in total. The Morgan fingerprint density at radius 1 is 1.44 bits per heavy atom. The zero-order valence-electron chi connectivity index (χ0n) is 10.0. The fourth-order valence-corrected chi connectivity index (χ4v) is 1.92. The quantitative estimate of drug-likeness (QED) is 0.558. The van der Waals surface area contributed by atoms with E-state index in [1.54, 1.807) is 7.11 Å². The summed E-state index contributed by atoms with van der Waals surface area (Å²) in [4.78, 5) is 4.41. The van der Waals surface area contributed by atoms with E-state index in [2.05, 4.69) is 29.4 Å². The van der Waals surface area contributed by atoms with Gasteiger partial charge in [-0.2, -0.15) is 0 Å². The maximum absolute atomic E-state index is 4.96. The number of nitrogens with zero attached hydrogens (tertiary/aromatic N) is 1. The fraction of sp³-hybridized carbons (Fsp3) is 0.583. The molecule has 90 valence electrons. The molecule has 0 radical (unpaired) electrons. The van der Waals surface area contributed by atoms with Crippen LogP contribution in [0.25, 0.3) is 0 Å². The standard InChI is InChI=1S/C12H20N2OS/c1-3-8-16-12-5-4-11(10-14-12)9-13-6-7-15-2/h4-5,10,13H,3,6-9H2,1-2H3. The average Bonchev–Trinajstić information content (AvgIpc) is 2.33. The predicted octanol–water partition coefficient (Wildman–Crippen LogP) is 2.32. The highest BCUT2D eigenvalue weighted by molar-refractivity contribution is 7.99. The van der Waals surface area contributed by atoms with Crippen LogP contribution in [-0.2, 0) is 11.3 Å². The number of aromatic nitrogens is 1. The van der Waals surface area contributed by atoms with E-state index in [-0.39, 0.29) is 0 Å². The van der Waals surface area contributed by atoms with Crippen LogP contribution in [0.4, 0.5) is 0 Å². The average molecular weight is 240 g/mol. The molecule has 0 amide bonds. The molecule has 0 atom stereocenters. The van der Waals surface area contributed by atoms with E-state index in [9.17, 15) is 0 Å². The summed E-state index contributed by atoms with van der Waals surface area (Å²) in [6, 6.07) is 4.22. The largest absolute Gasteiger partial charge is 0.383 e. The third-order valence-corrected chi connectivity index (χ3v) is 3.21. The minimum atomic E-state index is 0.748. The molecule has 3 nitrogen and oxygen atoms in total. The van der Waals surface area contributed by atoms with Gasteiger partial charge in [0.25, 0.3) is 0 Å². The molecule has 0 fully saturated rings. The lowest BCUT2D eigenvalue weighted by atomic mass is 10.3. The first-order valence-electron chi connectivity index (χ1n) is 5.64. The van der Waals surface area contributed by atoms with Crippen LogP contribution in [0.15, 0.2) is 23.4 Å². The second-order valence-electron chi connectivity index (χ2n) is 3.52. The first-order chi connectivity index (χ1) is 7.86. The number of rotatable bonds is 8. The van der Waals surface area contributed by atoms with Gasteiger partial charge in [0, 0.05) is 26.4 Å². The maximum Gasteiger partial charge on any atom is 0.0960 e. The van der Waals surface area contributed by atoms with Crippen LogP contribution >= 0.6 is 11.8 Å². The molecule has 1 heterocycles. The zero-order chi connectivity index (χ0) is 11.6. The second kappa shape index (κ2) is 8.56. The molecule has 1 aromatic rings. The Bertz CT molecular complexity index is 277. The number of nitrogens with one attached hydrogen (secondary N) is 1. The Labute approximate surface area is 102 Å². The van der Waals surface area contributed by atoms with Gasteiger partial charge in [-0.3, -0.25) is 0 Å². The summed E-state index contributed by atoms with van der Waals surface area (Å²) in [7, 11) is 1.71. The van der Waals surface area contributed by atoms with Gasteiger partial charge in [-0.05, 0) is 23.8 Å². The molecule has 0 bridgehead atoms. The summed E-state index contributed by atoms with van der Waals surface area (Å²) in [6.07, 6.45) is 3.13. The highest BCUT2D eigenvalue weighted by Gasteiger charge is 1.96. The first-order valence-corrected chi connectivity index (χ1v) is 6.62. The molecular formula is C12H20N2OS. The van der Waals surface area contributed by atoms with Crippen molar-refractivity contribution in [2.45, 2.75) is 24.9 Å². The minimum absolute atomic E-state index is 0.748. The van der Waals surface area contributed by atoms with Crippen LogP contribution in [0.2, 0.25) is 0 Å². The van der Waals surface area contributed by atoms with Crippen LogP contribution < -0.4 is 5.32 Å². The fourth-order valence-electron chi connectivity index (χ4n) is 1.21. The number of hydrogen-bond donors (Lipinski definition) is 1. The summed E-state index contributed by atoms with van der Waals surface area (Å²) < 4.78 is 4.96. The van der Waals surface area contributed by atoms with Crippen LogP contribution in [-0.4, -0.2) is 31.0 Å². The van der Waals surface area contributed by atoms with E-state index in [4.69, 9.17) is 4.74 Å². The van der Waals surface area contributed by atoms with Crippen molar-refractivity contribution in [1.82, 2.24) is 10.3 Å². The topological polar surface area (TPSA) is 34.1 Å². The molecular weight excluding hydrogens is 220 g/mol. The SMILES string of the molecule is CCCSc1ccc(CNCCOC)cn1. The van der Waals surface area contributed by atoms with E-state index in [1.807, 2.05) is 18.0 Å². The minimum Gasteiger partial charge on any atom is -0.383 e. The smallest absolute Gasteiger partial charge is 0.0960 e. The number of ether oxygens (including phenoxy) is 1. The lowest BCUT2D eigenvalue weighted by Gasteiger charge is -2.04. The molecule has 1 rings (SSSR count). The van der Waals surface area contributed by atoms with Crippen LogP contribution in [0, 0.1) is 0 Å². The van der Waals surface area contributed by atoms with E-state index in [0.717, 1.165) is 30.5 Å². The van der Waals surface area contributed by atoms with Crippen molar-refractivity contribution >= 4 is 11.8 Å². The van der Waals surface area contributed by atoms with Gasteiger partial charge in [0.05, 0.1) is 11.6 Å². The maximum atomic E-state index is 4.96. The van der Waals surface area contributed by atoms with E-state index >= 15 is 0 Å². The van der Waals surface area contributed by atoms with Crippen molar-refractivity contribution < 1.29 is 4.74 Å². The van der Waals surface area contributed by atoms with Crippen molar-refractivity contribution in [3.8, 4) is 0 Å². The molecule has 0 saturated carbocycles. The summed E-state index contributed by atoms with van der Waals surface area (Å²) in [5.41, 5.74) is 1.22. The van der Waals surface area contributed by atoms with Gasteiger partial charge < -0.3 is 10.1 Å². The van der Waals surface area contributed by atoms with Gasteiger partial charge in [0.15, 0.2) is 0 Å². The Hall–Kier alpha value is -0.580. The molecule has 0 aromatic carbocycles. The van der Waals surface area contributed by atoms with E-state index < -0.39 is 0 Å². The number of hydrogen-bond acceptors (Lipinski definition) is 4. The molecule has 0 aliphatic heterocycles. The highest BCUT2D eigenvalue weighted by atomic mass is 32.2. The van der Waals surface area contributed by atoms with Gasteiger partial charge in [-0.15, -0.1) is 11.8 Å². The van der Waals surface area contributed by atoms with Gasteiger partial charge in [0.2, 0.25) is 0 Å². The van der Waals surface area contributed by atoms with Crippen molar-refractivity contribution in [2.75, 3.05) is 26.0 Å². The zero-order valence-corrected chi connectivity index (χ0v) is 10.8. The normalized spacial score (nSPS) is 10.6. The van der Waals surface area contributed by atoms with Crippen LogP contribution in [0.3, 0.4) is 0 Å². The number of methoxy groups -OCH3 is 1. The predicted molar refractivity (Wildman–Crippen MR) is 68.8 cm³/mol. The lowest BCUT2D eigenvalue weighted by molar-refractivity contribution is 0.199. The molecule has 4 heteroatoms. The molecule has 0 spiro atoms. The Morgan fingerprint density at radius 3 is 2.94 bits per heavy atom. The summed E-state index contributed by atoms with van der Waals surface area (Å²) in [6.45, 7) is 4.66.